The van der Waals surface area contributed by atoms with Gasteiger partial charge in [0.25, 0.3) is 5.56 Å². The van der Waals surface area contributed by atoms with Crippen LogP contribution < -0.4 is 10.3 Å². The van der Waals surface area contributed by atoms with Crippen LogP contribution in [0.15, 0.2) is 29.1 Å². The molecule has 18 heavy (non-hydrogen) atoms. The highest BCUT2D eigenvalue weighted by molar-refractivity contribution is 6.33. The van der Waals surface area contributed by atoms with Gasteiger partial charge in [0.1, 0.15) is 11.6 Å². The second kappa shape index (κ2) is 5.23. The Kier molecular flexibility index (Phi) is 3.67. The lowest BCUT2D eigenvalue weighted by Gasteiger charge is -2.10. The van der Waals surface area contributed by atoms with E-state index in [0.717, 1.165) is 5.69 Å². The van der Waals surface area contributed by atoms with Crippen LogP contribution in [0.2, 0.25) is 5.02 Å². The maximum absolute atomic E-state index is 11.6. The summed E-state index contributed by atoms with van der Waals surface area (Å²) in [5, 5.41) is 0.491. The Hall–Kier alpha value is -1.81. The van der Waals surface area contributed by atoms with Crippen molar-refractivity contribution in [1.29, 1.82) is 0 Å². The van der Waals surface area contributed by atoms with Crippen LogP contribution >= 0.6 is 11.6 Å². The number of nitrogens with one attached hydrogen (secondary N) is 1. The SMILES string of the molecule is CCc1cc(=O)[nH]c(-c2c(Cl)cccc2OC)n1. The zero-order valence-corrected chi connectivity index (χ0v) is 10.9. The molecular formula is C13H13ClN2O2. The third-order valence-electron chi connectivity index (χ3n) is 2.59. The molecule has 1 heterocycles. The second-order valence-electron chi connectivity index (χ2n) is 3.76. The van der Waals surface area contributed by atoms with E-state index in [1.807, 2.05) is 6.92 Å². The summed E-state index contributed by atoms with van der Waals surface area (Å²) in [6, 6.07) is 6.77. The summed E-state index contributed by atoms with van der Waals surface area (Å²) in [4.78, 5) is 18.6. The van der Waals surface area contributed by atoms with Gasteiger partial charge in [0.15, 0.2) is 0 Å². The topological polar surface area (TPSA) is 55.0 Å². The monoisotopic (exact) mass is 264 g/mol. The van der Waals surface area contributed by atoms with Crippen LogP contribution in [0.1, 0.15) is 12.6 Å². The minimum absolute atomic E-state index is 0.196. The molecule has 0 atom stereocenters. The van der Waals surface area contributed by atoms with Crippen molar-refractivity contribution in [2.75, 3.05) is 7.11 Å². The molecule has 1 aromatic carbocycles. The molecule has 0 radical (unpaired) electrons. The standard InChI is InChI=1S/C13H13ClN2O2/c1-3-8-7-11(17)16-13(15-8)12-9(14)5-4-6-10(12)18-2/h4-7H,3H2,1-2H3,(H,15,16,17). The minimum atomic E-state index is -0.196. The van der Waals surface area contributed by atoms with E-state index in [9.17, 15) is 4.79 Å². The first-order valence-electron chi connectivity index (χ1n) is 5.58. The lowest BCUT2D eigenvalue weighted by atomic mass is 10.1. The summed E-state index contributed by atoms with van der Waals surface area (Å²) in [5.74, 6) is 1.01. The first kappa shape index (κ1) is 12.6. The van der Waals surface area contributed by atoms with Gasteiger partial charge in [0.2, 0.25) is 0 Å². The summed E-state index contributed by atoms with van der Waals surface area (Å²) in [5.41, 5.74) is 1.13. The summed E-state index contributed by atoms with van der Waals surface area (Å²) >= 11 is 6.15. The van der Waals surface area contributed by atoms with Crippen LogP contribution in [-0.2, 0) is 6.42 Å². The number of rotatable bonds is 3. The number of methoxy groups -OCH3 is 1. The zero-order valence-electron chi connectivity index (χ0n) is 10.2. The average Bonchev–Trinajstić information content (AvgIpc) is 2.37. The molecule has 0 spiro atoms. The van der Waals surface area contributed by atoms with Gasteiger partial charge in [0, 0.05) is 11.8 Å². The summed E-state index contributed by atoms with van der Waals surface area (Å²) in [6.07, 6.45) is 0.684. The number of benzene rings is 1. The quantitative estimate of drug-likeness (QED) is 0.927. The van der Waals surface area contributed by atoms with Crippen LogP contribution in [0.4, 0.5) is 0 Å². The van der Waals surface area contributed by atoms with E-state index in [1.54, 1.807) is 25.3 Å². The van der Waals surface area contributed by atoms with Crippen LogP contribution in [0, 0.1) is 0 Å². The molecule has 0 amide bonds. The largest absolute Gasteiger partial charge is 0.496 e. The highest BCUT2D eigenvalue weighted by atomic mass is 35.5. The average molecular weight is 265 g/mol. The summed E-state index contributed by atoms with van der Waals surface area (Å²) in [6.45, 7) is 1.94. The molecule has 0 saturated heterocycles. The lowest BCUT2D eigenvalue weighted by Crippen LogP contribution is -2.10. The van der Waals surface area contributed by atoms with E-state index >= 15 is 0 Å². The molecule has 2 aromatic rings. The molecule has 0 fully saturated rings. The fraction of sp³-hybridized carbons (Fsp3) is 0.231. The van der Waals surface area contributed by atoms with Crippen LogP contribution in [0.3, 0.4) is 0 Å². The van der Waals surface area contributed by atoms with Crippen molar-refractivity contribution in [3.63, 3.8) is 0 Å². The molecule has 0 aliphatic rings. The number of nitrogens with zero attached hydrogens (tertiary/aromatic N) is 1. The third-order valence-corrected chi connectivity index (χ3v) is 2.90. The highest BCUT2D eigenvalue weighted by Gasteiger charge is 2.13. The van der Waals surface area contributed by atoms with Gasteiger partial charge in [-0.3, -0.25) is 4.79 Å². The Morgan fingerprint density at radius 3 is 2.89 bits per heavy atom. The lowest BCUT2D eigenvalue weighted by molar-refractivity contribution is 0.416. The van der Waals surface area contributed by atoms with Crippen molar-refractivity contribution in [3.05, 3.63) is 45.3 Å². The molecule has 0 bridgehead atoms. The number of aryl methyl sites for hydroxylation is 1. The molecule has 1 N–H and O–H groups in total. The summed E-state index contributed by atoms with van der Waals surface area (Å²) in [7, 11) is 1.55. The van der Waals surface area contributed by atoms with E-state index in [4.69, 9.17) is 16.3 Å². The Bertz CT molecular complexity index is 623. The van der Waals surface area contributed by atoms with Crippen molar-refractivity contribution < 1.29 is 4.74 Å². The Labute approximate surface area is 110 Å². The molecular weight excluding hydrogens is 252 g/mol. The first-order chi connectivity index (χ1) is 8.65. The minimum Gasteiger partial charge on any atom is -0.496 e. The molecule has 0 unspecified atom stereocenters. The zero-order chi connectivity index (χ0) is 13.1. The maximum atomic E-state index is 11.6. The van der Waals surface area contributed by atoms with Crippen LogP contribution in [0.5, 0.6) is 5.75 Å². The highest BCUT2D eigenvalue weighted by Crippen LogP contribution is 2.33. The number of H-pyrrole nitrogens is 1. The number of aromatic amines is 1. The Morgan fingerprint density at radius 1 is 1.44 bits per heavy atom. The van der Waals surface area contributed by atoms with Crippen molar-refractivity contribution >= 4 is 11.6 Å². The van der Waals surface area contributed by atoms with E-state index in [2.05, 4.69) is 9.97 Å². The van der Waals surface area contributed by atoms with Crippen molar-refractivity contribution in [1.82, 2.24) is 9.97 Å². The van der Waals surface area contributed by atoms with E-state index < -0.39 is 0 Å². The summed E-state index contributed by atoms with van der Waals surface area (Å²) < 4.78 is 5.25. The number of hydrogen-bond acceptors (Lipinski definition) is 3. The predicted octanol–water partition coefficient (Wildman–Crippen LogP) is 2.66. The molecule has 94 valence electrons. The molecule has 2 rings (SSSR count). The van der Waals surface area contributed by atoms with Crippen LogP contribution in [0.25, 0.3) is 11.4 Å². The Morgan fingerprint density at radius 2 is 2.22 bits per heavy atom. The number of halogens is 1. The van der Waals surface area contributed by atoms with Gasteiger partial charge in [-0.1, -0.05) is 24.6 Å². The number of aromatic nitrogens is 2. The van der Waals surface area contributed by atoms with E-state index in [-0.39, 0.29) is 5.56 Å². The van der Waals surface area contributed by atoms with Crippen LogP contribution in [-0.4, -0.2) is 17.1 Å². The molecule has 0 aliphatic carbocycles. The van der Waals surface area contributed by atoms with Crippen molar-refractivity contribution in [3.8, 4) is 17.1 Å². The number of ether oxygens (including phenoxy) is 1. The molecule has 0 aliphatic heterocycles. The third kappa shape index (κ3) is 2.38. The second-order valence-corrected chi connectivity index (χ2v) is 4.16. The van der Waals surface area contributed by atoms with Gasteiger partial charge in [0.05, 0.1) is 17.7 Å². The fourth-order valence-corrected chi connectivity index (χ4v) is 1.97. The van der Waals surface area contributed by atoms with E-state index in [0.29, 0.717) is 28.6 Å². The van der Waals surface area contributed by atoms with E-state index in [1.165, 1.54) is 6.07 Å². The van der Waals surface area contributed by atoms with Gasteiger partial charge in [-0.25, -0.2) is 4.98 Å². The maximum Gasteiger partial charge on any atom is 0.251 e. The van der Waals surface area contributed by atoms with Gasteiger partial charge in [-0.05, 0) is 18.6 Å². The molecule has 4 nitrogen and oxygen atoms in total. The van der Waals surface area contributed by atoms with Crippen molar-refractivity contribution in [2.24, 2.45) is 0 Å². The predicted molar refractivity (Wildman–Crippen MR) is 71.2 cm³/mol. The van der Waals surface area contributed by atoms with Gasteiger partial charge in [-0.2, -0.15) is 0 Å². The number of hydrogen-bond donors (Lipinski definition) is 1. The van der Waals surface area contributed by atoms with Gasteiger partial charge in [-0.15, -0.1) is 0 Å². The van der Waals surface area contributed by atoms with Crippen molar-refractivity contribution in [2.45, 2.75) is 13.3 Å². The van der Waals surface area contributed by atoms with Gasteiger partial charge < -0.3 is 9.72 Å². The molecule has 5 heteroatoms. The van der Waals surface area contributed by atoms with Gasteiger partial charge >= 0.3 is 0 Å². The smallest absolute Gasteiger partial charge is 0.251 e. The fourth-order valence-electron chi connectivity index (χ4n) is 1.71. The molecule has 0 saturated carbocycles. The Balaban J connectivity index is 2.68. The molecule has 1 aromatic heterocycles. The normalized spacial score (nSPS) is 10.4. The first-order valence-corrected chi connectivity index (χ1v) is 5.96.